The number of ether oxygens (including phenoxy) is 3. The zero-order valence-electron chi connectivity index (χ0n) is 12.1. The molecule has 1 aliphatic carbocycles. The number of esters is 1. The second kappa shape index (κ2) is 6.46. The molecule has 1 aromatic carbocycles. The van der Waals surface area contributed by atoms with Crippen LogP contribution in [0.1, 0.15) is 31.2 Å². The summed E-state index contributed by atoms with van der Waals surface area (Å²) in [5, 5.41) is 0. The third kappa shape index (κ3) is 3.32. The molecule has 20 heavy (non-hydrogen) atoms. The summed E-state index contributed by atoms with van der Waals surface area (Å²) in [6, 6.07) is 5.96. The van der Waals surface area contributed by atoms with Crippen LogP contribution in [0.15, 0.2) is 30.4 Å². The summed E-state index contributed by atoms with van der Waals surface area (Å²) in [5.74, 6) is 1.56. The van der Waals surface area contributed by atoms with Gasteiger partial charge in [0.1, 0.15) is 6.10 Å². The minimum absolute atomic E-state index is 0.0936. The van der Waals surface area contributed by atoms with Crippen LogP contribution >= 0.6 is 0 Å². The Balaban J connectivity index is 2.11. The summed E-state index contributed by atoms with van der Waals surface area (Å²) in [6.07, 6.45) is 5.76. The maximum Gasteiger partial charge on any atom is 0.303 e. The number of hydrogen-bond donors (Lipinski definition) is 0. The molecule has 1 aliphatic rings. The second-order valence-corrected chi connectivity index (χ2v) is 4.83. The van der Waals surface area contributed by atoms with E-state index in [1.165, 1.54) is 12.5 Å². The molecule has 4 heteroatoms. The molecular formula is C16H20O4. The molecule has 0 aromatic heterocycles. The van der Waals surface area contributed by atoms with E-state index < -0.39 is 0 Å². The predicted octanol–water partition coefficient (Wildman–Crippen LogP) is 3.07. The van der Waals surface area contributed by atoms with Crippen LogP contribution < -0.4 is 9.47 Å². The molecule has 0 spiro atoms. The molecular weight excluding hydrogens is 256 g/mol. The van der Waals surface area contributed by atoms with Crippen molar-refractivity contribution >= 4 is 5.97 Å². The van der Waals surface area contributed by atoms with Crippen molar-refractivity contribution in [2.75, 3.05) is 14.2 Å². The molecule has 1 aromatic rings. The third-order valence-corrected chi connectivity index (χ3v) is 3.47. The highest BCUT2D eigenvalue weighted by Crippen LogP contribution is 2.34. The standard InChI is InChI=1S/C16H20O4/c1-11(17)20-14-7-4-12(5-8-14)13-6-9-15(18-2)16(10-13)19-3/h4,6-7,9-10,12,14H,5,8H2,1-3H3/t12-,14-/m0/s1. The molecule has 108 valence electrons. The van der Waals surface area contributed by atoms with E-state index in [9.17, 15) is 4.79 Å². The first kappa shape index (κ1) is 14.4. The lowest BCUT2D eigenvalue weighted by Crippen LogP contribution is -2.18. The number of hydrogen-bond acceptors (Lipinski definition) is 4. The van der Waals surface area contributed by atoms with Gasteiger partial charge < -0.3 is 14.2 Å². The average Bonchev–Trinajstić information content (AvgIpc) is 2.46. The zero-order valence-corrected chi connectivity index (χ0v) is 12.1. The lowest BCUT2D eigenvalue weighted by Gasteiger charge is -2.23. The maximum atomic E-state index is 10.9. The van der Waals surface area contributed by atoms with Crippen molar-refractivity contribution < 1.29 is 19.0 Å². The highest BCUT2D eigenvalue weighted by atomic mass is 16.5. The molecule has 0 unspecified atom stereocenters. The van der Waals surface area contributed by atoms with Crippen LogP contribution in [0.2, 0.25) is 0 Å². The van der Waals surface area contributed by atoms with Crippen LogP contribution in [-0.2, 0) is 9.53 Å². The smallest absolute Gasteiger partial charge is 0.303 e. The van der Waals surface area contributed by atoms with Gasteiger partial charge in [-0.25, -0.2) is 0 Å². The van der Waals surface area contributed by atoms with Crippen molar-refractivity contribution in [2.45, 2.75) is 31.8 Å². The Morgan fingerprint density at radius 1 is 1.10 bits per heavy atom. The van der Waals surface area contributed by atoms with Crippen molar-refractivity contribution in [3.05, 3.63) is 35.9 Å². The van der Waals surface area contributed by atoms with E-state index in [0.29, 0.717) is 5.92 Å². The Labute approximate surface area is 119 Å². The molecule has 0 fully saturated rings. The minimum Gasteiger partial charge on any atom is -0.493 e. The summed E-state index contributed by atoms with van der Waals surface area (Å²) in [5.41, 5.74) is 1.18. The number of methoxy groups -OCH3 is 2. The lowest BCUT2D eigenvalue weighted by molar-refractivity contribution is -0.144. The Morgan fingerprint density at radius 2 is 1.85 bits per heavy atom. The van der Waals surface area contributed by atoms with Crippen LogP contribution in [0.4, 0.5) is 0 Å². The van der Waals surface area contributed by atoms with Crippen molar-refractivity contribution in [3.63, 3.8) is 0 Å². The first-order chi connectivity index (χ1) is 9.63. The van der Waals surface area contributed by atoms with Gasteiger partial charge in [0.25, 0.3) is 0 Å². The highest BCUT2D eigenvalue weighted by molar-refractivity contribution is 5.66. The molecule has 0 radical (unpaired) electrons. The van der Waals surface area contributed by atoms with Gasteiger partial charge in [0.2, 0.25) is 0 Å². The van der Waals surface area contributed by atoms with E-state index in [1.807, 2.05) is 24.3 Å². The van der Waals surface area contributed by atoms with Gasteiger partial charge in [0, 0.05) is 12.8 Å². The van der Waals surface area contributed by atoms with Crippen molar-refractivity contribution in [1.82, 2.24) is 0 Å². The fourth-order valence-electron chi connectivity index (χ4n) is 2.47. The summed E-state index contributed by atoms with van der Waals surface area (Å²) in [6.45, 7) is 1.44. The van der Waals surface area contributed by atoms with E-state index in [2.05, 4.69) is 6.08 Å². The van der Waals surface area contributed by atoms with Crippen LogP contribution in [0, 0.1) is 0 Å². The van der Waals surface area contributed by atoms with Gasteiger partial charge in [-0.3, -0.25) is 4.79 Å². The summed E-state index contributed by atoms with van der Waals surface area (Å²) in [4.78, 5) is 10.9. The SMILES string of the molecule is COc1ccc([C@H]2C=C[C@H](OC(C)=O)CC2)cc1OC. The topological polar surface area (TPSA) is 44.8 Å². The second-order valence-electron chi connectivity index (χ2n) is 4.83. The number of rotatable bonds is 4. The first-order valence-electron chi connectivity index (χ1n) is 6.71. The van der Waals surface area contributed by atoms with Gasteiger partial charge in [-0.1, -0.05) is 12.1 Å². The van der Waals surface area contributed by atoms with Crippen LogP contribution in [0.3, 0.4) is 0 Å². The normalized spacial score (nSPS) is 21.4. The summed E-state index contributed by atoms with van der Waals surface area (Å²) >= 11 is 0. The molecule has 0 saturated carbocycles. The number of allylic oxidation sites excluding steroid dienone is 1. The Morgan fingerprint density at radius 3 is 2.40 bits per heavy atom. The molecule has 0 saturated heterocycles. The molecule has 2 atom stereocenters. The molecule has 0 N–H and O–H groups in total. The molecule has 0 amide bonds. The van der Waals surface area contributed by atoms with Crippen molar-refractivity contribution in [2.24, 2.45) is 0 Å². The average molecular weight is 276 g/mol. The maximum absolute atomic E-state index is 10.9. The fourth-order valence-corrected chi connectivity index (χ4v) is 2.47. The van der Waals surface area contributed by atoms with Crippen LogP contribution in [0.5, 0.6) is 11.5 Å². The molecule has 2 rings (SSSR count). The van der Waals surface area contributed by atoms with Gasteiger partial charge >= 0.3 is 5.97 Å². The van der Waals surface area contributed by atoms with E-state index in [0.717, 1.165) is 24.3 Å². The number of benzene rings is 1. The number of carbonyl (C=O) groups is 1. The summed E-state index contributed by atoms with van der Waals surface area (Å²) in [7, 11) is 3.26. The minimum atomic E-state index is -0.232. The Kier molecular flexibility index (Phi) is 4.66. The highest BCUT2D eigenvalue weighted by Gasteiger charge is 2.20. The van der Waals surface area contributed by atoms with Crippen molar-refractivity contribution in [1.29, 1.82) is 0 Å². The quantitative estimate of drug-likeness (QED) is 0.626. The van der Waals surface area contributed by atoms with Gasteiger partial charge in [-0.2, -0.15) is 0 Å². The van der Waals surface area contributed by atoms with Crippen LogP contribution in [-0.4, -0.2) is 26.3 Å². The summed E-state index contributed by atoms with van der Waals surface area (Å²) < 4.78 is 15.7. The molecule has 4 nitrogen and oxygen atoms in total. The Hall–Kier alpha value is -1.97. The van der Waals surface area contributed by atoms with E-state index in [-0.39, 0.29) is 12.1 Å². The molecule has 0 bridgehead atoms. The molecule has 0 aliphatic heterocycles. The first-order valence-corrected chi connectivity index (χ1v) is 6.71. The third-order valence-electron chi connectivity index (χ3n) is 3.47. The number of carbonyl (C=O) groups excluding carboxylic acids is 1. The van der Waals surface area contributed by atoms with E-state index in [1.54, 1.807) is 14.2 Å². The van der Waals surface area contributed by atoms with Gasteiger partial charge in [-0.15, -0.1) is 0 Å². The van der Waals surface area contributed by atoms with E-state index >= 15 is 0 Å². The molecule has 0 heterocycles. The van der Waals surface area contributed by atoms with Gasteiger partial charge in [0.15, 0.2) is 11.5 Å². The van der Waals surface area contributed by atoms with Gasteiger partial charge in [0.05, 0.1) is 14.2 Å². The van der Waals surface area contributed by atoms with Gasteiger partial charge in [-0.05, 0) is 36.6 Å². The Bertz CT molecular complexity index is 507. The van der Waals surface area contributed by atoms with E-state index in [4.69, 9.17) is 14.2 Å². The van der Waals surface area contributed by atoms with Crippen LogP contribution in [0.25, 0.3) is 0 Å². The predicted molar refractivity (Wildman–Crippen MR) is 76.2 cm³/mol. The lowest BCUT2D eigenvalue weighted by atomic mass is 9.88. The largest absolute Gasteiger partial charge is 0.493 e. The monoisotopic (exact) mass is 276 g/mol. The zero-order chi connectivity index (χ0) is 14.5. The van der Waals surface area contributed by atoms with Crippen molar-refractivity contribution in [3.8, 4) is 11.5 Å². The fraction of sp³-hybridized carbons (Fsp3) is 0.438.